The van der Waals surface area contributed by atoms with Crippen molar-refractivity contribution in [1.82, 2.24) is 14.5 Å². The molecule has 236 valence electrons. The Kier molecular flexibility index (Phi) is 5.35. The molecule has 0 bridgehead atoms. The molecule has 4 heterocycles. The first-order chi connectivity index (χ1) is 25.3. The van der Waals surface area contributed by atoms with Crippen molar-refractivity contribution in [2.45, 2.75) is 0 Å². The number of aromatic nitrogens is 3. The minimum atomic E-state index is 0.575. The van der Waals surface area contributed by atoms with E-state index < -0.39 is 0 Å². The summed E-state index contributed by atoms with van der Waals surface area (Å²) >= 11 is 1.87. The van der Waals surface area contributed by atoms with Crippen molar-refractivity contribution in [2.24, 2.45) is 0 Å². The van der Waals surface area contributed by atoms with E-state index in [-0.39, 0.29) is 0 Å². The van der Waals surface area contributed by atoms with Gasteiger partial charge >= 0.3 is 0 Å². The highest BCUT2D eigenvalue weighted by atomic mass is 32.1. The second kappa shape index (κ2) is 10.0. The van der Waals surface area contributed by atoms with E-state index in [0.29, 0.717) is 11.7 Å². The van der Waals surface area contributed by atoms with Gasteiger partial charge in [-0.25, -0.2) is 4.98 Å². The highest BCUT2D eigenvalue weighted by molar-refractivity contribution is 7.27. The van der Waals surface area contributed by atoms with Crippen LogP contribution in [0.4, 0.5) is 0 Å². The molecule has 0 radical (unpaired) electrons. The fraction of sp³-hybridized carbons (Fsp3) is 0. The molecule has 0 amide bonds. The maximum atomic E-state index is 6.62. The van der Waals surface area contributed by atoms with E-state index in [1.54, 1.807) is 0 Å². The first-order valence-corrected chi connectivity index (χ1v) is 18.0. The molecule has 5 heteroatoms. The van der Waals surface area contributed by atoms with Crippen LogP contribution in [-0.2, 0) is 0 Å². The summed E-state index contributed by atoms with van der Waals surface area (Å²) in [4.78, 5) is 10.9. The van der Waals surface area contributed by atoms with Gasteiger partial charge in [0.25, 0.3) is 0 Å². The molecule has 0 saturated heterocycles. The summed E-state index contributed by atoms with van der Waals surface area (Å²) in [5, 5.41) is 14.0. The second-order valence-electron chi connectivity index (χ2n) is 13.3. The molecule has 4 aromatic heterocycles. The van der Waals surface area contributed by atoms with Gasteiger partial charge in [-0.1, -0.05) is 127 Å². The minimum Gasteiger partial charge on any atom is -0.437 e. The fourth-order valence-corrected chi connectivity index (χ4v) is 9.73. The van der Waals surface area contributed by atoms with Gasteiger partial charge in [0.1, 0.15) is 5.58 Å². The minimum absolute atomic E-state index is 0.575. The van der Waals surface area contributed by atoms with Crippen molar-refractivity contribution in [1.29, 1.82) is 0 Å². The molecule has 8 aromatic carbocycles. The molecule has 0 unspecified atom stereocenters. The van der Waals surface area contributed by atoms with Gasteiger partial charge in [-0.05, 0) is 45.8 Å². The number of nitrogens with zero attached hydrogens (tertiary/aromatic N) is 3. The Balaban J connectivity index is 1.31. The van der Waals surface area contributed by atoms with Crippen molar-refractivity contribution in [3.8, 4) is 17.2 Å². The zero-order valence-electron chi connectivity index (χ0n) is 27.1. The lowest BCUT2D eigenvalue weighted by atomic mass is 9.94. The van der Waals surface area contributed by atoms with Gasteiger partial charge in [-0.2, -0.15) is 4.98 Å². The van der Waals surface area contributed by atoms with Crippen LogP contribution in [-0.4, -0.2) is 14.5 Å². The normalized spacial score (nSPS) is 12.3. The lowest BCUT2D eigenvalue weighted by Crippen LogP contribution is -2.03. The molecule has 4 nitrogen and oxygen atoms in total. The van der Waals surface area contributed by atoms with Crippen LogP contribution in [0.3, 0.4) is 0 Å². The third-order valence-corrected chi connectivity index (χ3v) is 11.8. The fourth-order valence-electron chi connectivity index (χ4n) is 8.48. The van der Waals surface area contributed by atoms with Gasteiger partial charge in [0.2, 0.25) is 11.7 Å². The predicted octanol–water partition coefficient (Wildman–Crippen LogP) is 13.0. The summed E-state index contributed by atoms with van der Waals surface area (Å²) in [5.41, 5.74) is 5.45. The smallest absolute Gasteiger partial charge is 0.238 e. The standard InChI is InChI=1S/C46H25N3OS/c1-2-14-27-26(13-1)25-35(29-16-4-3-15-28(27)29)42-41-33-20-8-11-23-37(33)50-45(41)48-46(47-42)49-36-22-10-7-19-32(36)39-40-34-21-9-12-24-38(34)51-44(40)31-18-6-5-17-30(31)43(39)49/h1-25H. The summed E-state index contributed by atoms with van der Waals surface area (Å²) in [6, 6.07) is 54.0. The van der Waals surface area contributed by atoms with Gasteiger partial charge < -0.3 is 4.42 Å². The van der Waals surface area contributed by atoms with Crippen LogP contribution in [0.1, 0.15) is 0 Å². The number of thiophene rings is 1. The Labute approximate surface area is 294 Å². The van der Waals surface area contributed by atoms with Gasteiger partial charge in [0.15, 0.2) is 0 Å². The SMILES string of the molecule is c1ccc2c(c1)cc(-c1nc(-n3c4ccccc4c4c5c6ccccc6sc5c5ccccc5c43)nc3oc4ccccc4c13)c1ccccc12. The average molecular weight is 668 g/mol. The molecule has 12 aromatic rings. The van der Waals surface area contributed by atoms with E-state index >= 15 is 0 Å². The summed E-state index contributed by atoms with van der Waals surface area (Å²) in [7, 11) is 0. The number of fused-ring (bicyclic) bond motifs is 16. The Morgan fingerprint density at radius 3 is 2.00 bits per heavy atom. The lowest BCUT2D eigenvalue weighted by Gasteiger charge is -2.14. The molecular weight excluding hydrogens is 643 g/mol. The van der Waals surface area contributed by atoms with Gasteiger partial charge in [0, 0.05) is 52.7 Å². The van der Waals surface area contributed by atoms with Crippen LogP contribution >= 0.6 is 11.3 Å². The zero-order chi connectivity index (χ0) is 33.2. The third-order valence-electron chi connectivity index (χ3n) is 10.6. The van der Waals surface area contributed by atoms with E-state index in [0.717, 1.165) is 44.0 Å². The van der Waals surface area contributed by atoms with Crippen LogP contribution in [0.5, 0.6) is 0 Å². The molecule has 0 aliphatic carbocycles. The molecule has 0 N–H and O–H groups in total. The maximum Gasteiger partial charge on any atom is 0.238 e. The molecule has 0 fully saturated rings. The number of hydrogen-bond acceptors (Lipinski definition) is 4. The lowest BCUT2D eigenvalue weighted by molar-refractivity contribution is 0.651. The van der Waals surface area contributed by atoms with Crippen LogP contribution in [0.15, 0.2) is 156 Å². The molecule has 0 aliphatic rings. The van der Waals surface area contributed by atoms with Gasteiger partial charge in [-0.3, -0.25) is 4.57 Å². The number of hydrogen-bond donors (Lipinski definition) is 0. The number of benzene rings is 8. The van der Waals surface area contributed by atoms with E-state index in [2.05, 4.69) is 144 Å². The third kappa shape index (κ3) is 3.63. The van der Waals surface area contributed by atoms with Crippen LogP contribution in [0.2, 0.25) is 0 Å². The largest absolute Gasteiger partial charge is 0.437 e. The van der Waals surface area contributed by atoms with Crippen molar-refractivity contribution < 1.29 is 4.42 Å². The Hall–Kier alpha value is -6.56. The van der Waals surface area contributed by atoms with E-state index in [9.17, 15) is 0 Å². The van der Waals surface area contributed by atoms with Crippen molar-refractivity contribution >= 4 is 108 Å². The highest BCUT2D eigenvalue weighted by Crippen LogP contribution is 2.48. The molecule has 0 aliphatic heterocycles. The molecule has 12 rings (SSSR count). The first-order valence-electron chi connectivity index (χ1n) is 17.2. The van der Waals surface area contributed by atoms with E-state index in [1.807, 2.05) is 23.5 Å². The van der Waals surface area contributed by atoms with Crippen LogP contribution in [0.25, 0.3) is 114 Å². The van der Waals surface area contributed by atoms with Crippen molar-refractivity contribution in [2.75, 3.05) is 0 Å². The Bertz CT molecular complexity index is 3440. The van der Waals surface area contributed by atoms with E-state index in [4.69, 9.17) is 14.4 Å². The molecule has 51 heavy (non-hydrogen) atoms. The van der Waals surface area contributed by atoms with Crippen molar-refractivity contribution in [3.63, 3.8) is 0 Å². The Morgan fingerprint density at radius 2 is 1.14 bits per heavy atom. The summed E-state index contributed by atoms with van der Waals surface area (Å²) < 4.78 is 11.5. The number of rotatable bonds is 2. The van der Waals surface area contributed by atoms with Crippen molar-refractivity contribution in [3.05, 3.63) is 152 Å². The molecule has 0 saturated carbocycles. The predicted molar refractivity (Wildman–Crippen MR) is 214 cm³/mol. The summed E-state index contributed by atoms with van der Waals surface area (Å²) in [6.07, 6.45) is 0. The van der Waals surface area contributed by atoms with E-state index in [1.165, 1.54) is 57.9 Å². The summed E-state index contributed by atoms with van der Waals surface area (Å²) in [5.74, 6) is 0.587. The quantitative estimate of drug-likeness (QED) is 0.172. The molecule has 0 spiro atoms. The Morgan fingerprint density at radius 1 is 0.490 bits per heavy atom. The van der Waals surface area contributed by atoms with Gasteiger partial charge in [-0.15, -0.1) is 11.3 Å². The second-order valence-corrected chi connectivity index (χ2v) is 14.3. The van der Waals surface area contributed by atoms with Gasteiger partial charge in [0.05, 0.1) is 22.1 Å². The molecule has 0 atom stereocenters. The average Bonchev–Trinajstić information content (AvgIpc) is 3.87. The van der Waals surface area contributed by atoms with Crippen LogP contribution < -0.4 is 0 Å². The monoisotopic (exact) mass is 667 g/mol. The topological polar surface area (TPSA) is 43.9 Å². The zero-order valence-corrected chi connectivity index (χ0v) is 27.9. The first kappa shape index (κ1) is 27.3. The highest BCUT2D eigenvalue weighted by Gasteiger charge is 2.25. The number of para-hydroxylation sites is 2. The maximum absolute atomic E-state index is 6.62. The molecular formula is C46H25N3OS. The number of furan rings is 1. The summed E-state index contributed by atoms with van der Waals surface area (Å²) in [6.45, 7) is 0. The van der Waals surface area contributed by atoms with Crippen LogP contribution in [0, 0.1) is 0 Å².